The van der Waals surface area contributed by atoms with Crippen LogP contribution in [0.3, 0.4) is 0 Å². The molecule has 2 aromatic heterocycles. The molecule has 0 spiro atoms. The van der Waals surface area contributed by atoms with Gasteiger partial charge in [-0.2, -0.15) is 10.4 Å². The summed E-state index contributed by atoms with van der Waals surface area (Å²) < 4.78 is 1.71. The van der Waals surface area contributed by atoms with Crippen molar-refractivity contribution in [3.8, 4) is 11.8 Å². The SMILES string of the molecule is N#C/C(=C\c1ccn(-c2ccccc2)n1)C(=O)c1c[nH]c2ccccc12. The van der Waals surface area contributed by atoms with Gasteiger partial charge >= 0.3 is 0 Å². The van der Waals surface area contributed by atoms with Crippen LogP contribution in [0.2, 0.25) is 0 Å². The number of carbonyl (C=O) groups is 1. The number of rotatable bonds is 4. The first-order valence-electron chi connectivity index (χ1n) is 8.10. The van der Waals surface area contributed by atoms with E-state index in [1.807, 2.05) is 60.7 Å². The monoisotopic (exact) mass is 338 g/mol. The molecular weight excluding hydrogens is 324 g/mol. The first-order valence-corrected chi connectivity index (χ1v) is 8.10. The summed E-state index contributed by atoms with van der Waals surface area (Å²) in [5.74, 6) is -0.320. The number of Topliss-reactive ketones (excluding diaryl/α,β-unsaturated/α-hetero) is 1. The average molecular weight is 338 g/mol. The van der Waals surface area contributed by atoms with Crippen molar-refractivity contribution in [3.05, 3.63) is 89.9 Å². The maximum absolute atomic E-state index is 12.8. The van der Waals surface area contributed by atoms with Gasteiger partial charge in [-0.05, 0) is 30.3 Å². The number of hydrogen-bond donors (Lipinski definition) is 1. The molecule has 0 bridgehead atoms. The molecule has 124 valence electrons. The molecule has 2 aromatic carbocycles. The Morgan fingerprint density at radius 1 is 1.08 bits per heavy atom. The molecule has 5 heteroatoms. The number of nitrogens with one attached hydrogen (secondary N) is 1. The normalized spacial score (nSPS) is 11.4. The van der Waals surface area contributed by atoms with E-state index in [2.05, 4.69) is 10.1 Å². The topological polar surface area (TPSA) is 74.5 Å². The molecule has 2 heterocycles. The summed E-state index contributed by atoms with van der Waals surface area (Å²) in [6, 6.07) is 20.9. The average Bonchev–Trinajstić information content (AvgIpc) is 3.33. The summed E-state index contributed by atoms with van der Waals surface area (Å²) >= 11 is 0. The number of aromatic nitrogens is 3. The molecule has 0 fully saturated rings. The van der Waals surface area contributed by atoms with E-state index in [0.29, 0.717) is 11.3 Å². The zero-order valence-electron chi connectivity index (χ0n) is 13.8. The molecule has 26 heavy (non-hydrogen) atoms. The van der Waals surface area contributed by atoms with Crippen LogP contribution in [-0.2, 0) is 0 Å². The number of nitrogens with zero attached hydrogens (tertiary/aromatic N) is 3. The van der Waals surface area contributed by atoms with Gasteiger partial charge in [0.15, 0.2) is 0 Å². The second-order valence-electron chi connectivity index (χ2n) is 5.77. The summed E-state index contributed by atoms with van der Waals surface area (Å²) in [5, 5.41) is 14.7. The van der Waals surface area contributed by atoms with E-state index in [1.165, 1.54) is 6.08 Å². The number of carbonyl (C=O) groups excluding carboxylic acids is 1. The van der Waals surface area contributed by atoms with E-state index in [1.54, 1.807) is 23.1 Å². The summed E-state index contributed by atoms with van der Waals surface area (Å²) in [4.78, 5) is 15.8. The second-order valence-corrected chi connectivity index (χ2v) is 5.77. The van der Waals surface area contributed by atoms with Crippen LogP contribution < -0.4 is 0 Å². The predicted octanol–water partition coefficient (Wildman–Crippen LogP) is 4.14. The summed E-state index contributed by atoms with van der Waals surface area (Å²) in [7, 11) is 0. The predicted molar refractivity (Wildman–Crippen MR) is 99.8 cm³/mol. The molecule has 0 radical (unpaired) electrons. The highest BCUT2D eigenvalue weighted by Crippen LogP contribution is 2.21. The first kappa shape index (κ1) is 15.6. The Morgan fingerprint density at radius 2 is 1.85 bits per heavy atom. The van der Waals surface area contributed by atoms with E-state index >= 15 is 0 Å². The van der Waals surface area contributed by atoms with E-state index in [0.717, 1.165) is 16.6 Å². The van der Waals surface area contributed by atoms with Crippen molar-refractivity contribution in [1.82, 2.24) is 14.8 Å². The van der Waals surface area contributed by atoms with Gasteiger partial charge in [0.1, 0.15) is 11.6 Å². The molecule has 0 aliphatic rings. The Kier molecular flexibility index (Phi) is 3.92. The van der Waals surface area contributed by atoms with Crippen LogP contribution in [0.5, 0.6) is 0 Å². The largest absolute Gasteiger partial charge is 0.360 e. The number of aromatic amines is 1. The third kappa shape index (κ3) is 2.80. The van der Waals surface area contributed by atoms with Crippen LogP contribution >= 0.6 is 0 Å². The lowest BCUT2D eigenvalue weighted by molar-refractivity contribution is 0.104. The Bertz CT molecular complexity index is 1160. The third-order valence-electron chi connectivity index (χ3n) is 4.12. The molecule has 4 rings (SSSR count). The summed E-state index contributed by atoms with van der Waals surface area (Å²) in [6.45, 7) is 0. The zero-order chi connectivity index (χ0) is 17.9. The van der Waals surface area contributed by atoms with Gasteiger partial charge in [0.05, 0.1) is 11.4 Å². The summed E-state index contributed by atoms with van der Waals surface area (Å²) in [6.07, 6.45) is 4.95. The van der Waals surface area contributed by atoms with Gasteiger partial charge in [-0.1, -0.05) is 36.4 Å². The number of allylic oxidation sites excluding steroid dienone is 1. The molecule has 0 amide bonds. The maximum Gasteiger partial charge on any atom is 0.205 e. The molecule has 0 saturated heterocycles. The van der Waals surface area contributed by atoms with Crippen molar-refractivity contribution < 1.29 is 4.79 Å². The highest BCUT2D eigenvalue weighted by molar-refractivity contribution is 6.19. The Hall–Kier alpha value is -3.91. The van der Waals surface area contributed by atoms with Crippen molar-refractivity contribution in [2.75, 3.05) is 0 Å². The molecule has 0 aliphatic heterocycles. The lowest BCUT2D eigenvalue weighted by atomic mass is 10.0. The molecule has 0 atom stereocenters. The number of H-pyrrole nitrogens is 1. The van der Waals surface area contributed by atoms with Gasteiger partial charge in [0.2, 0.25) is 5.78 Å². The van der Waals surface area contributed by atoms with Crippen molar-refractivity contribution in [3.63, 3.8) is 0 Å². The van der Waals surface area contributed by atoms with Gasteiger partial charge < -0.3 is 4.98 Å². The lowest BCUT2D eigenvalue weighted by Gasteiger charge is -1.99. The van der Waals surface area contributed by atoms with Gasteiger partial charge in [-0.3, -0.25) is 4.79 Å². The van der Waals surface area contributed by atoms with Crippen LogP contribution in [-0.4, -0.2) is 20.5 Å². The van der Waals surface area contributed by atoms with Crippen LogP contribution in [0.15, 0.2) is 78.6 Å². The number of ketones is 1. The zero-order valence-corrected chi connectivity index (χ0v) is 13.8. The third-order valence-corrected chi connectivity index (χ3v) is 4.12. The van der Waals surface area contributed by atoms with Gasteiger partial charge in [0, 0.05) is 28.9 Å². The lowest BCUT2D eigenvalue weighted by Crippen LogP contribution is -2.01. The van der Waals surface area contributed by atoms with Crippen molar-refractivity contribution in [2.24, 2.45) is 0 Å². The summed E-state index contributed by atoms with van der Waals surface area (Å²) in [5.41, 5.74) is 2.86. The van der Waals surface area contributed by atoms with Crippen molar-refractivity contribution in [2.45, 2.75) is 0 Å². The van der Waals surface area contributed by atoms with E-state index < -0.39 is 0 Å². The van der Waals surface area contributed by atoms with Gasteiger partial charge in [-0.25, -0.2) is 4.68 Å². The van der Waals surface area contributed by atoms with Crippen LogP contribution in [0.1, 0.15) is 16.1 Å². The van der Waals surface area contributed by atoms with Crippen molar-refractivity contribution >= 4 is 22.8 Å². The molecule has 5 nitrogen and oxygen atoms in total. The van der Waals surface area contributed by atoms with Gasteiger partial charge in [-0.15, -0.1) is 0 Å². The minimum atomic E-state index is -0.320. The molecule has 0 saturated carbocycles. The fourth-order valence-corrected chi connectivity index (χ4v) is 2.84. The standard InChI is InChI=1S/C21H14N4O/c22-13-15(21(26)19-14-23-20-9-5-4-8-18(19)20)12-16-10-11-25(24-16)17-6-2-1-3-7-17/h1-12,14,23H/b15-12+. The fraction of sp³-hybridized carbons (Fsp3) is 0. The van der Waals surface area contributed by atoms with E-state index in [9.17, 15) is 10.1 Å². The number of hydrogen-bond acceptors (Lipinski definition) is 3. The molecule has 0 aliphatic carbocycles. The molecular formula is C21H14N4O. The first-order chi connectivity index (χ1) is 12.8. The molecule has 0 unspecified atom stereocenters. The van der Waals surface area contributed by atoms with Crippen LogP contribution in [0.4, 0.5) is 0 Å². The van der Waals surface area contributed by atoms with E-state index in [-0.39, 0.29) is 11.4 Å². The van der Waals surface area contributed by atoms with Gasteiger partial charge in [0.25, 0.3) is 0 Å². The molecule has 1 N–H and O–H groups in total. The Morgan fingerprint density at radius 3 is 2.65 bits per heavy atom. The highest BCUT2D eigenvalue weighted by Gasteiger charge is 2.17. The smallest absolute Gasteiger partial charge is 0.205 e. The number of nitriles is 1. The number of para-hydroxylation sites is 2. The van der Waals surface area contributed by atoms with E-state index in [4.69, 9.17) is 0 Å². The number of benzene rings is 2. The fourth-order valence-electron chi connectivity index (χ4n) is 2.84. The minimum Gasteiger partial charge on any atom is -0.360 e. The Labute approximate surface area is 149 Å². The number of fused-ring (bicyclic) bond motifs is 1. The minimum absolute atomic E-state index is 0.0491. The highest BCUT2D eigenvalue weighted by atomic mass is 16.1. The second kappa shape index (κ2) is 6.54. The quantitative estimate of drug-likeness (QED) is 0.345. The maximum atomic E-state index is 12.8. The molecule has 4 aromatic rings. The Balaban J connectivity index is 1.68. The van der Waals surface area contributed by atoms with Crippen molar-refractivity contribution in [1.29, 1.82) is 5.26 Å². The van der Waals surface area contributed by atoms with Crippen LogP contribution in [0.25, 0.3) is 22.7 Å². The van der Waals surface area contributed by atoms with Crippen LogP contribution in [0, 0.1) is 11.3 Å².